The third-order valence-corrected chi connectivity index (χ3v) is 6.84. The molecule has 2 fully saturated rings. The minimum atomic E-state index is -3.34. The van der Waals surface area contributed by atoms with E-state index in [1.807, 2.05) is 0 Å². The monoisotopic (exact) mass is 308 g/mol. The normalized spacial score (nSPS) is 31.2. The smallest absolute Gasteiger partial charge is 0.195 e. The van der Waals surface area contributed by atoms with Crippen LogP contribution in [0.4, 0.5) is 0 Å². The molecule has 2 aliphatic heterocycles. The molecule has 2 rings (SSSR count). The van der Waals surface area contributed by atoms with Crippen LogP contribution in [0.2, 0.25) is 0 Å². The van der Waals surface area contributed by atoms with Crippen molar-refractivity contribution in [1.82, 2.24) is 8.61 Å². The molecule has 2 aliphatic rings. The van der Waals surface area contributed by atoms with Crippen molar-refractivity contribution >= 4 is 21.8 Å². The van der Waals surface area contributed by atoms with Crippen LogP contribution in [-0.4, -0.2) is 48.1 Å². The van der Waals surface area contributed by atoms with Crippen LogP contribution in [0.25, 0.3) is 0 Å². The van der Waals surface area contributed by atoms with E-state index in [0.29, 0.717) is 24.9 Å². The fourth-order valence-electron chi connectivity index (χ4n) is 3.29. The van der Waals surface area contributed by atoms with Gasteiger partial charge in [-0.1, -0.05) is 20.3 Å². The largest absolute Gasteiger partial charge is 0.282 e. The molecule has 0 aliphatic carbocycles. The van der Waals surface area contributed by atoms with Crippen LogP contribution in [0.1, 0.15) is 46.0 Å². The van der Waals surface area contributed by atoms with Crippen molar-refractivity contribution in [2.24, 2.45) is 5.92 Å². The van der Waals surface area contributed by atoms with Crippen LogP contribution in [-0.2, 0) is 10.2 Å². The first-order chi connectivity index (χ1) is 8.98. The van der Waals surface area contributed by atoms with Gasteiger partial charge in [0, 0.05) is 31.1 Å². The summed E-state index contributed by atoms with van der Waals surface area (Å²) in [4.78, 5) is 0. The molecule has 2 heterocycles. The molecule has 0 aromatic carbocycles. The van der Waals surface area contributed by atoms with Gasteiger partial charge in [-0.2, -0.15) is 17.0 Å². The Kier molecular flexibility index (Phi) is 5.15. The first-order valence-corrected chi connectivity index (χ1v) is 9.26. The van der Waals surface area contributed by atoms with E-state index in [2.05, 4.69) is 13.8 Å². The van der Waals surface area contributed by atoms with Crippen LogP contribution in [0, 0.1) is 5.92 Å². The van der Waals surface area contributed by atoms with E-state index in [-0.39, 0.29) is 12.1 Å². The number of piperidine rings is 1. The maximum absolute atomic E-state index is 12.9. The van der Waals surface area contributed by atoms with E-state index >= 15 is 0 Å². The molecule has 6 heteroatoms. The lowest BCUT2D eigenvalue weighted by Gasteiger charge is -2.38. The predicted octanol–water partition coefficient (Wildman–Crippen LogP) is 2.44. The highest BCUT2D eigenvalue weighted by atomic mass is 35.5. The lowest BCUT2D eigenvalue weighted by Crippen LogP contribution is -2.53. The number of hydrogen-bond donors (Lipinski definition) is 0. The van der Waals surface area contributed by atoms with Gasteiger partial charge in [0.05, 0.1) is 0 Å². The average molecular weight is 309 g/mol. The summed E-state index contributed by atoms with van der Waals surface area (Å²) in [5, 5.41) is 0. The van der Waals surface area contributed by atoms with E-state index in [1.54, 1.807) is 8.61 Å². The highest BCUT2D eigenvalue weighted by Gasteiger charge is 2.42. The van der Waals surface area contributed by atoms with Crippen molar-refractivity contribution in [3.63, 3.8) is 0 Å². The van der Waals surface area contributed by atoms with Gasteiger partial charge in [0.1, 0.15) is 0 Å². The second-order valence-corrected chi connectivity index (χ2v) is 8.13. The summed E-state index contributed by atoms with van der Waals surface area (Å²) >= 11 is 5.96. The van der Waals surface area contributed by atoms with E-state index in [1.165, 1.54) is 0 Å². The van der Waals surface area contributed by atoms with Crippen molar-refractivity contribution in [1.29, 1.82) is 0 Å². The zero-order chi connectivity index (χ0) is 14.0. The number of rotatable bonds is 4. The molecular weight excluding hydrogens is 284 g/mol. The number of hydrogen-bond acceptors (Lipinski definition) is 2. The quantitative estimate of drug-likeness (QED) is 0.749. The topological polar surface area (TPSA) is 40.6 Å². The summed E-state index contributed by atoms with van der Waals surface area (Å²) in [6, 6.07) is 0.136. The fraction of sp³-hybridized carbons (Fsp3) is 1.00. The Labute approximate surface area is 122 Å². The molecule has 2 unspecified atom stereocenters. The second-order valence-electron chi connectivity index (χ2n) is 5.99. The lowest BCUT2D eigenvalue weighted by molar-refractivity contribution is 0.230. The number of halogens is 1. The zero-order valence-electron chi connectivity index (χ0n) is 11.9. The summed E-state index contributed by atoms with van der Waals surface area (Å²) in [6.07, 6.45) is 4.88. The Hall–Kier alpha value is 0.160. The third-order valence-electron chi connectivity index (χ3n) is 4.36. The molecule has 2 saturated heterocycles. The van der Waals surface area contributed by atoms with Crippen molar-refractivity contribution in [3.05, 3.63) is 0 Å². The number of nitrogens with zero attached hydrogens (tertiary/aromatic N) is 2. The van der Waals surface area contributed by atoms with Gasteiger partial charge in [0.25, 0.3) is 10.2 Å². The van der Waals surface area contributed by atoms with E-state index < -0.39 is 10.2 Å². The number of alkyl halides is 1. The van der Waals surface area contributed by atoms with Crippen molar-refractivity contribution < 1.29 is 8.42 Å². The van der Waals surface area contributed by atoms with Crippen LogP contribution < -0.4 is 0 Å². The Bertz CT molecular complexity index is 391. The molecule has 0 saturated carbocycles. The molecular formula is C13H25ClN2O2S. The molecule has 0 aromatic heterocycles. The predicted molar refractivity (Wildman–Crippen MR) is 78.6 cm³/mol. The zero-order valence-corrected chi connectivity index (χ0v) is 13.5. The van der Waals surface area contributed by atoms with Gasteiger partial charge in [0.2, 0.25) is 0 Å². The van der Waals surface area contributed by atoms with Gasteiger partial charge < -0.3 is 0 Å². The second kappa shape index (κ2) is 6.29. The van der Waals surface area contributed by atoms with Crippen molar-refractivity contribution in [2.75, 3.05) is 19.0 Å². The molecule has 0 spiro atoms. The van der Waals surface area contributed by atoms with Crippen LogP contribution in [0.5, 0.6) is 0 Å². The van der Waals surface area contributed by atoms with Gasteiger partial charge in [-0.25, -0.2) is 0 Å². The van der Waals surface area contributed by atoms with E-state index in [0.717, 1.165) is 32.1 Å². The molecule has 2 atom stereocenters. The van der Waals surface area contributed by atoms with Gasteiger partial charge in [0.15, 0.2) is 0 Å². The fourth-order valence-corrected chi connectivity index (χ4v) is 5.92. The van der Waals surface area contributed by atoms with Crippen LogP contribution in [0.3, 0.4) is 0 Å². The summed E-state index contributed by atoms with van der Waals surface area (Å²) < 4.78 is 29.1. The highest BCUT2D eigenvalue weighted by molar-refractivity contribution is 7.86. The maximum Gasteiger partial charge on any atom is 0.282 e. The van der Waals surface area contributed by atoms with Gasteiger partial charge >= 0.3 is 0 Å². The SMILES string of the molecule is CC(C)C1CCCN1S(=O)(=O)N1CCCCC1CCl. The molecule has 112 valence electrons. The first-order valence-electron chi connectivity index (χ1n) is 7.33. The lowest BCUT2D eigenvalue weighted by atomic mass is 10.0. The molecule has 4 nitrogen and oxygen atoms in total. The minimum Gasteiger partial charge on any atom is -0.195 e. The summed E-state index contributed by atoms with van der Waals surface area (Å²) in [5.74, 6) is 0.774. The van der Waals surface area contributed by atoms with Gasteiger partial charge in [-0.05, 0) is 31.6 Å². The molecule has 0 bridgehead atoms. The van der Waals surface area contributed by atoms with Crippen LogP contribution in [0.15, 0.2) is 0 Å². The first kappa shape index (κ1) is 15.5. The molecule has 0 N–H and O–H groups in total. The summed E-state index contributed by atoms with van der Waals surface area (Å²) in [6.45, 7) is 5.50. The third kappa shape index (κ3) is 3.09. The molecule has 0 radical (unpaired) electrons. The van der Waals surface area contributed by atoms with E-state index in [9.17, 15) is 8.42 Å². The van der Waals surface area contributed by atoms with Gasteiger partial charge in [-0.3, -0.25) is 0 Å². The highest BCUT2D eigenvalue weighted by Crippen LogP contribution is 2.31. The maximum atomic E-state index is 12.9. The van der Waals surface area contributed by atoms with Gasteiger partial charge in [-0.15, -0.1) is 11.6 Å². The minimum absolute atomic E-state index is 0.0196. The Morgan fingerprint density at radius 3 is 2.42 bits per heavy atom. The molecule has 19 heavy (non-hydrogen) atoms. The van der Waals surface area contributed by atoms with Crippen molar-refractivity contribution in [3.8, 4) is 0 Å². The standard InChI is InChI=1S/C13H25ClN2O2S/c1-11(2)13-7-5-9-16(13)19(17,18)15-8-4-3-6-12(15)10-14/h11-13H,3-10H2,1-2H3. The Morgan fingerprint density at radius 1 is 1.11 bits per heavy atom. The Morgan fingerprint density at radius 2 is 1.79 bits per heavy atom. The van der Waals surface area contributed by atoms with E-state index in [4.69, 9.17) is 11.6 Å². The van der Waals surface area contributed by atoms with Crippen molar-refractivity contribution in [2.45, 2.75) is 58.0 Å². The molecule has 0 aromatic rings. The Balaban J connectivity index is 2.20. The van der Waals surface area contributed by atoms with Crippen LogP contribution >= 0.6 is 11.6 Å². The average Bonchev–Trinajstić information content (AvgIpc) is 2.88. The molecule has 0 amide bonds. The summed E-state index contributed by atoms with van der Waals surface area (Å²) in [7, 11) is -3.34. The summed E-state index contributed by atoms with van der Waals surface area (Å²) in [5.41, 5.74) is 0.